The highest BCUT2D eigenvalue weighted by Gasteiger charge is 2.40. The fourth-order valence-electron chi connectivity index (χ4n) is 3.28. The maximum atomic E-state index is 12.1. The van der Waals surface area contributed by atoms with Gasteiger partial charge in [-0.3, -0.25) is 14.5 Å². The quantitative estimate of drug-likeness (QED) is 0.720. The van der Waals surface area contributed by atoms with E-state index in [0.717, 1.165) is 29.7 Å². The first-order valence-corrected chi connectivity index (χ1v) is 8.59. The first kappa shape index (κ1) is 16.7. The van der Waals surface area contributed by atoms with Crippen molar-refractivity contribution in [2.45, 2.75) is 45.3 Å². The van der Waals surface area contributed by atoms with Crippen LogP contribution in [0.1, 0.15) is 56.4 Å². The van der Waals surface area contributed by atoms with Crippen LogP contribution < -0.4 is 4.74 Å². The van der Waals surface area contributed by atoms with Crippen LogP contribution in [0.3, 0.4) is 0 Å². The predicted molar refractivity (Wildman–Crippen MR) is 89.6 cm³/mol. The zero-order chi connectivity index (χ0) is 17.1. The van der Waals surface area contributed by atoms with Gasteiger partial charge in [-0.05, 0) is 36.1 Å². The Morgan fingerprint density at radius 2 is 1.75 bits per heavy atom. The highest BCUT2D eigenvalue weighted by molar-refractivity contribution is 6.13. The maximum absolute atomic E-state index is 12.1. The van der Waals surface area contributed by atoms with Gasteiger partial charge in [-0.2, -0.15) is 0 Å². The Balaban J connectivity index is 1.91. The lowest BCUT2D eigenvalue weighted by molar-refractivity contribution is -0.140. The molecule has 0 saturated carbocycles. The van der Waals surface area contributed by atoms with Gasteiger partial charge in [0.1, 0.15) is 5.75 Å². The Morgan fingerprint density at radius 1 is 1.04 bits per heavy atom. The number of fused-ring (bicyclic) bond motifs is 1. The molecule has 0 unspecified atom stereocenters. The molecule has 2 amide bonds. The molecule has 1 aliphatic carbocycles. The van der Waals surface area contributed by atoms with E-state index in [9.17, 15) is 9.59 Å². The maximum Gasteiger partial charge on any atom is 0.254 e. The second kappa shape index (κ2) is 7.18. The van der Waals surface area contributed by atoms with Crippen molar-refractivity contribution in [3.63, 3.8) is 0 Å². The summed E-state index contributed by atoms with van der Waals surface area (Å²) in [6.07, 6.45) is 5.03. The summed E-state index contributed by atoms with van der Waals surface area (Å²) in [4.78, 5) is 25.5. The number of rotatable bonds is 7. The molecule has 0 saturated heterocycles. The van der Waals surface area contributed by atoms with Crippen LogP contribution >= 0.6 is 0 Å². The number of hydrogen-bond acceptors (Lipinski definition) is 4. The zero-order valence-corrected chi connectivity index (χ0v) is 14.2. The van der Waals surface area contributed by atoms with Gasteiger partial charge in [0, 0.05) is 25.2 Å². The van der Waals surface area contributed by atoms with Gasteiger partial charge in [0.15, 0.2) is 0 Å². The molecule has 1 heterocycles. The fourth-order valence-corrected chi connectivity index (χ4v) is 3.28. The van der Waals surface area contributed by atoms with Crippen LogP contribution in [-0.4, -0.2) is 29.9 Å². The Bertz CT molecular complexity index is 649. The number of imide groups is 1. The van der Waals surface area contributed by atoms with Crippen molar-refractivity contribution in [1.29, 1.82) is 0 Å². The largest absolute Gasteiger partial charge is 0.494 e. The first-order chi connectivity index (χ1) is 11.7. The van der Waals surface area contributed by atoms with Crippen LogP contribution in [0.15, 0.2) is 30.4 Å². The number of nitrogens with zero attached hydrogens (tertiary/aromatic N) is 1. The van der Waals surface area contributed by atoms with Gasteiger partial charge in [-0.15, -0.1) is 0 Å². The Labute approximate surface area is 142 Å². The third-order valence-corrected chi connectivity index (χ3v) is 4.35. The van der Waals surface area contributed by atoms with Gasteiger partial charge in [-0.25, -0.2) is 0 Å². The molecule has 24 heavy (non-hydrogen) atoms. The van der Waals surface area contributed by atoms with Crippen molar-refractivity contribution in [3.8, 4) is 5.75 Å². The minimum absolute atomic E-state index is 0.0913. The van der Waals surface area contributed by atoms with Crippen molar-refractivity contribution in [2.75, 3.05) is 13.2 Å². The molecule has 0 fully saturated rings. The third kappa shape index (κ3) is 3.08. The average Bonchev–Trinajstić information content (AvgIpc) is 3.10. The molecule has 2 aliphatic rings. The van der Waals surface area contributed by atoms with E-state index in [0.29, 0.717) is 19.6 Å². The van der Waals surface area contributed by atoms with E-state index in [1.165, 1.54) is 17.1 Å². The van der Waals surface area contributed by atoms with E-state index in [2.05, 4.69) is 13.8 Å². The number of amides is 2. The molecule has 1 aromatic carbocycles. The number of ether oxygens (including phenoxy) is 2. The van der Waals surface area contributed by atoms with Gasteiger partial charge < -0.3 is 9.47 Å². The third-order valence-electron chi connectivity index (χ3n) is 4.35. The minimum atomic E-state index is -0.290. The van der Waals surface area contributed by atoms with Crippen molar-refractivity contribution < 1.29 is 19.1 Å². The summed E-state index contributed by atoms with van der Waals surface area (Å²) in [7, 11) is 0. The Hall–Kier alpha value is -2.14. The van der Waals surface area contributed by atoms with E-state index in [1.807, 2.05) is 18.2 Å². The monoisotopic (exact) mass is 329 g/mol. The van der Waals surface area contributed by atoms with Crippen LogP contribution in [-0.2, 0) is 14.3 Å². The van der Waals surface area contributed by atoms with Gasteiger partial charge in [-0.1, -0.05) is 19.9 Å². The molecule has 0 N–H and O–H groups in total. The van der Waals surface area contributed by atoms with E-state index >= 15 is 0 Å². The van der Waals surface area contributed by atoms with Crippen molar-refractivity contribution in [2.24, 2.45) is 0 Å². The molecule has 128 valence electrons. The van der Waals surface area contributed by atoms with Crippen LogP contribution in [0.2, 0.25) is 0 Å². The van der Waals surface area contributed by atoms with Gasteiger partial charge in [0.2, 0.25) is 0 Å². The first-order valence-electron chi connectivity index (χ1n) is 8.59. The number of hydrogen-bond donors (Lipinski definition) is 0. The Morgan fingerprint density at radius 3 is 2.42 bits per heavy atom. The SMILES string of the molecule is CCCOc1ccc2c(c1)[C@@H](N1C(=O)C=CC1=O)C[C@@H]2OCCC. The molecular weight excluding hydrogens is 306 g/mol. The summed E-state index contributed by atoms with van der Waals surface area (Å²) in [6, 6.07) is 5.59. The molecule has 2 atom stereocenters. The van der Waals surface area contributed by atoms with Crippen LogP contribution in [0.5, 0.6) is 5.75 Å². The molecule has 0 spiro atoms. The molecule has 0 aromatic heterocycles. The average molecular weight is 329 g/mol. The molecule has 1 aliphatic heterocycles. The minimum Gasteiger partial charge on any atom is -0.494 e. The molecular formula is C19H23NO4. The second-order valence-corrected chi connectivity index (χ2v) is 6.13. The van der Waals surface area contributed by atoms with Crippen LogP contribution in [0.4, 0.5) is 0 Å². The summed E-state index contributed by atoms with van der Waals surface area (Å²) in [5.74, 6) is 0.253. The van der Waals surface area contributed by atoms with E-state index in [4.69, 9.17) is 9.47 Å². The molecule has 5 heteroatoms. The molecule has 1 aromatic rings. The lowest BCUT2D eigenvalue weighted by atomic mass is 10.1. The molecule has 0 bridgehead atoms. The molecule has 5 nitrogen and oxygen atoms in total. The lowest BCUT2D eigenvalue weighted by Gasteiger charge is -2.23. The van der Waals surface area contributed by atoms with E-state index < -0.39 is 0 Å². The predicted octanol–water partition coefficient (Wildman–Crippen LogP) is 3.31. The van der Waals surface area contributed by atoms with Gasteiger partial charge >= 0.3 is 0 Å². The second-order valence-electron chi connectivity index (χ2n) is 6.13. The zero-order valence-electron chi connectivity index (χ0n) is 14.2. The summed E-state index contributed by atoms with van der Waals surface area (Å²) < 4.78 is 11.7. The van der Waals surface area contributed by atoms with E-state index in [-0.39, 0.29) is 24.0 Å². The molecule has 0 radical (unpaired) electrons. The van der Waals surface area contributed by atoms with Crippen LogP contribution in [0, 0.1) is 0 Å². The summed E-state index contributed by atoms with van der Waals surface area (Å²) >= 11 is 0. The lowest BCUT2D eigenvalue weighted by Crippen LogP contribution is -2.33. The molecule has 3 rings (SSSR count). The standard InChI is InChI=1S/C19H23NO4/c1-3-9-23-13-5-6-14-15(11-13)16(12-17(14)24-10-4-2)20-18(21)7-8-19(20)22/h5-8,11,16-17H,3-4,9-10,12H2,1-2H3/t16-,17-/m0/s1. The summed E-state index contributed by atoms with van der Waals surface area (Å²) in [5, 5.41) is 0. The number of carbonyl (C=O) groups excluding carboxylic acids is 2. The smallest absolute Gasteiger partial charge is 0.254 e. The van der Waals surface area contributed by atoms with Crippen molar-refractivity contribution in [1.82, 2.24) is 4.90 Å². The highest BCUT2D eigenvalue weighted by Crippen LogP contribution is 2.46. The summed E-state index contributed by atoms with van der Waals surface area (Å²) in [5.41, 5.74) is 2.00. The normalized spacial score (nSPS) is 22.3. The van der Waals surface area contributed by atoms with Crippen molar-refractivity contribution in [3.05, 3.63) is 41.5 Å². The Kier molecular flexibility index (Phi) is 5.00. The summed E-state index contributed by atoms with van der Waals surface area (Å²) in [6.45, 7) is 5.41. The number of benzene rings is 1. The fraction of sp³-hybridized carbons (Fsp3) is 0.474. The topological polar surface area (TPSA) is 55.8 Å². The van der Waals surface area contributed by atoms with E-state index in [1.54, 1.807) is 0 Å². The number of carbonyl (C=O) groups is 2. The van der Waals surface area contributed by atoms with Crippen molar-refractivity contribution >= 4 is 11.8 Å². The van der Waals surface area contributed by atoms with Gasteiger partial charge in [0.05, 0.1) is 18.8 Å². The van der Waals surface area contributed by atoms with Gasteiger partial charge in [0.25, 0.3) is 11.8 Å². The van der Waals surface area contributed by atoms with Crippen LogP contribution in [0.25, 0.3) is 0 Å². The highest BCUT2D eigenvalue weighted by atomic mass is 16.5.